The van der Waals surface area contributed by atoms with E-state index in [1.165, 1.54) is 17.0 Å². The third-order valence-electron chi connectivity index (χ3n) is 7.21. The molecule has 2 saturated heterocycles. The van der Waals surface area contributed by atoms with Crippen LogP contribution in [-0.2, 0) is 32.7 Å². The van der Waals surface area contributed by atoms with E-state index in [4.69, 9.17) is 27.9 Å². The van der Waals surface area contributed by atoms with Gasteiger partial charge in [0.25, 0.3) is 0 Å². The number of rotatable bonds is 6. The molecule has 40 heavy (non-hydrogen) atoms. The number of methoxy groups -OCH3 is 1. The van der Waals surface area contributed by atoms with Crippen molar-refractivity contribution in [3.8, 4) is 5.75 Å². The largest absolute Gasteiger partial charge is 0.508 e. The van der Waals surface area contributed by atoms with Crippen molar-refractivity contribution in [1.29, 1.82) is 0 Å². The van der Waals surface area contributed by atoms with E-state index in [1.807, 2.05) is 26.8 Å². The summed E-state index contributed by atoms with van der Waals surface area (Å²) in [7, 11) is 1.27. The van der Waals surface area contributed by atoms with Gasteiger partial charge in [-0.25, -0.2) is 14.8 Å². The maximum absolute atomic E-state index is 14.1. The minimum atomic E-state index is -0.910. The smallest absolute Gasteiger partial charge is 0.426 e. The molecule has 2 fully saturated rings. The predicted octanol–water partition coefficient (Wildman–Crippen LogP) is 4.59. The Morgan fingerprint density at radius 2 is 1.90 bits per heavy atom. The zero-order valence-corrected chi connectivity index (χ0v) is 24.6. The molecule has 2 atom stereocenters. The first-order valence-electron chi connectivity index (χ1n) is 12.9. The summed E-state index contributed by atoms with van der Waals surface area (Å²) in [5.74, 6) is -0.401. The van der Waals surface area contributed by atoms with Gasteiger partial charge in [0.05, 0.1) is 20.2 Å². The molecule has 4 rings (SSSR count). The van der Waals surface area contributed by atoms with Crippen LogP contribution >= 0.6 is 23.2 Å². The molecule has 214 valence electrons. The molecule has 3 amide bonds. The number of phenols is 1. The number of ether oxygens (including phenoxy) is 1. The normalized spacial score (nSPS) is 20.0. The van der Waals surface area contributed by atoms with Crippen LogP contribution < -0.4 is 0 Å². The minimum Gasteiger partial charge on any atom is -0.508 e. The average molecular weight is 590 g/mol. The molecule has 1 unspecified atom stereocenters. The second-order valence-electron chi connectivity index (χ2n) is 11.0. The number of amides is 3. The molecule has 2 aliphatic rings. The molecular formula is C29H34Cl2N4O5. The number of benzene rings is 2. The third kappa shape index (κ3) is 5.92. The number of hydrogen-bond donors (Lipinski definition) is 1. The predicted molar refractivity (Wildman–Crippen MR) is 153 cm³/mol. The maximum Gasteiger partial charge on any atom is 0.426 e. The van der Waals surface area contributed by atoms with Crippen molar-refractivity contribution in [2.75, 3.05) is 26.7 Å². The first-order valence-corrected chi connectivity index (χ1v) is 13.7. The first kappa shape index (κ1) is 29.7. The highest BCUT2D eigenvalue weighted by Gasteiger charge is 2.51. The number of fused-ring (bicyclic) bond motifs is 1. The summed E-state index contributed by atoms with van der Waals surface area (Å²) < 4.78 is 5.09. The Morgan fingerprint density at radius 3 is 2.52 bits per heavy atom. The van der Waals surface area contributed by atoms with E-state index in [1.54, 1.807) is 46.3 Å². The van der Waals surface area contributed by atoms with Crippen molar-refractivity contribution in [2.45, 2.75) is 51.4 Å². The van der Waals surface area contributed by atoms with Gasteiger partial charge in [-0.15, -0.1) is 6.58 Å². The number of halogens is 2. The lowest BCUT2D eigenvalue weighted by Gasteiger charge is -2.54. The molecule has 0 saturated carbocycles. The van der Waals surface area contributed by atoms with Gasteiger partial charge in [0.1, 0.15) is 18.0 Å². The average Bonchev–Trinajstić information content (AvgIpc) is 2.88. The lowest BCUT2D eigenvalue weighted by Crippen LogP contribution is -2.75. The van der Waals surface area contributed by atoms with Gasteiger partial charge in [0, 0.05) is 29.6 Å². The molecule has 0 bridgehead atoms. The molecule has 0 radical (unpaired) electrons. The molecule has 2 aromatic rings. The molecule has 0 aliphatic carbocycles. The number of phenolic OH excluding ortho intramolecular Hbond substituents is 1. The SMILES string of the molecule is C=CCN1CC(=O)N2C(CN(Cc3ccc(Cl)cc3Cl)C(=O)[C@@H]2Cc2ccc(O)c(C(C)(C)C)c2)N1C(=O)OC. The second kappa shape index (κ2) is 11.7. The van der Waals surface area contributed by atoms with Crippen molar-refractivity contribution in [2.24, 2.45) is 0 Å². The number of carbonyl (C=O) groups excluding carboxylic acids is 3. The Bertz CT molecular complexity index is 1330. The van der Waals surface area contributed by atoms with Crippen LogP contribution in [0.3, 0.4) is 0 Å². The Kier molecular flexibility index (Phi) is 8.68. The maximum atomic E-state index is 14.1. The summed E-state index contributed by atoms with van der Waals surface area (Å²) in [6.07, 6.45) is 0.314. The van der Waals surface area contributed by atoms with E-state index in [9.17, 15) is 19.5 Å². The van der Waals surface area contributed by atoms with Crippen molar-refractivity contribution in [3.05, 3.63) is 75.8 Å². The number of hydrogen-bond acceptors (Lipinski definition) is 6. The van der Waals surface area contributed by atoms with Gasteiger partial charge in [-0.05, 0) is 40.3 Å². The molecule has 2 heterocycles. The van der Waals surface area contributed by atoms with Crippen LogP contribution in [0, 0.1) is 0 Å². The van der Waals surface area contributed by atoms with Crippen molar-refractivity contribution in [3.63, 3.8) is 0 Å². The lowest BCUT2D eigenvalue weighted by molar-refractivity contribution is -0.192. The van der Waals surface area contributed by atoms with E-state index in [2.05, 4.69) is 6.58 Å². The first-order chi connectivity index (χ1) is 18.8. The van der Waals surface area contributed by atoms with E-state index in [0.717, 1.165) is 11.1 Å². The van der Waals surface area contributed by atoms with Crippen LogP contribution in [0.5, 0.6) is 5.75 Å². The van der Waals surface area contributed by atoms with E-state index in [0.29, 0.717) is 15.6 Å². The van der Waals surface area contributed by atoms with Gasteiger partial charge < -0.3 is 19.6 Å². The quantitative estimate of drug-likeness (QED) is 0.496. The van der Waals surface area contributed by atoms with Crippen LogP contribution in [0.15, 0.2) is 49.1 Å². The lowest BCUT2D eigenvalue weighted by atomic mass is 9.84. The van der Waals surface area contributed by atoms with Crippen molar-refractivity contribution in [1.82, 2.24) is 19.8 Å². The second-order valence-corrected chi connectivity index (χ2v) is 11.9. The summed E-state index contributed by atoms with van der Waals surface area (Å²) in [5.41, 5.74) is 1.84. The molecule has 9 nitrogen and oxygen atoms in total. The zero-order valence-electron chi connectivity index (χ0n) is 23.1. The Balaban J connectivity index is 1.78. The number of piperazine rings is 1. The highest BCUT2D eigenvalue weighted by molar-refractivity contribution is 6.35. The summed E-state index contributed by atoms with van der Waals surface area (Å²) in [4.78, 5) is 43.8. The van der Waals surface area contributed by atoms with E-state index < -0.39 is 18.3 Å². The topological polar surface area (TPSA) is 93.6 Å². The Labute approximate surface area is 244 Å². The summed E-state index contributed by atoms with van der Waals surface area (Å²) in [6, 6.07) is 9.37. The number of nitrogens with zero attached hydrogens (tertiary/aromatic N) is 4. The van der Waals surface area contributed by atoms with Crippen LogP contribution in [0.25, 0.3) is 0 Å². The zero-order chi connectivity index (χ0) is 29.4. The molecule has 2 aromatic carbocycles. The molecule has 0 aromatic heterocycles. The fourth-order valence-electron chi connectivity index (χ4n) is 5.30. The number of aromatic hydroxyl groups is 1. The van der Waals surface area contributed by atoms with Crippen LogP contribution in [-0.4, -0.2) is 81.8 Å². The summed E-state index contributed by atoms with van der Waals surface area (Å²) in [6.45, 7) is 10.0. The van der Waals surface area contributed by atoms with E-state index >= 15 is 0 Å². The monoisotopic (exact) mass is 588 g/mol. The Morgan fingerprint density at radius 1 is 1.18 bits per heavy atom. The highest BCUT2D eigenvalue weighted by atomic mass is 35.5. The van der Waals surface area contributed by atoms with E-state index in [-0.39, 0.29) is 55.6 Å². The van der Waals surface area contributed by atoms with Crippen LogP contribution in [0.4, 0.5) is 4.79 Å². The summed E-state index contributed by atoms with van der Waals surface area (Å²) in [5, 5.41) is 14.3. The minimum absolute atomic E-state index is 0.0472. The van der Waals surface area contributed by atoms with Crippen LogP contribution in [0.1, 0.15) is 37.5 Å². The number of hydrazine groups is 1. The molecule has 11 heteroatoms. The fourth-order valence-corrected chi connectivity index (χ4v) is 5.77. The van der Waals surface area contributed by atoms with Crippen molar-refractivity contribution >= 4 is 41.1 Å². The highest BCUT2D eigenvalue weighted by Crippen LogP contribution is 2.34. The van der Waals surface area contributed by atoms with Gasteiger partial charge in [-0.2, -0.15) is 0 Å². The standard InChI is InChI=1S/C29H34Cl2N4O5/c1-6-11-33-17-26(37)34-23(13-18-7-10-24(36)21(12-18)29(2,3)4)27(38)32(16-25(34)35(33)28(39)40-5)15-19-8-9-20(30)14-22(19)31/h6-10,12,14,23,25,36H,1,11,13,15-17H2,2-5H3/t23-,25?/m0/s1. The summed E-state index contributed by atoms with van der Waals surface area (Å²) >= 11 is 12.5. The van der Waals surface area contributed by atoms with Crippen molar-refractivity contribution < 1.29 is 24.2 Å². The molecular weight excluding hydrogens is 555 g/mol. The molecule has 1 N–H and O–H groups in total. The van der Waals surface area contributed by atoms with Gasteiger partial charge in [-0.1, -0.05) is 68.2 Å². The van der Waals surface area contributed by atoms with Gasteiger partial charge in [0.2, 0.25) is 11.8 Å². The van der Waals surface area contributed by atoms with Gasteiger partial charge >= 0.3 is 6.09 Å². The van der Waals surface area contributed by atoms with Crippen LogP contribution in [0.2, 0.25) is 10.0 Å². The Hall–Kier alpha value is -3.27. The third-order valence-corrected chi connectivity index (χ3v) is 7.79. The molecule has 0 spiro atoms. The molecule has 2 aliphatic heterocycles. The fraction of sp³-hybridized carbons (Fsp3) is 0.414. The number of carbonyl (C=O) groups is 3. The van der Waals surface area contributed by atoms with Gasteiger partial charge in [0.15, 0.2) is 0 Å². The van der Waals surface area contributed by atoms with Gasteiger partial charge in [-0.3, -0.25) is 9.59 Å².